The molecule has 1 N–H and O–H groups in total. The molecule has 28 heavy (non-hydrogen) atoms. The van der Waals surface area contributed by atoms with Crippen molar-refractivity contribution < 1.29 is 27.5 Å². The smallest absolute Gasteiger partial charge is 0.326 e. The number of rotatable bonds is 8. The van der Waals surface area contributed by atoms with E-state index >= 15 is 0 Å². The Morgan fingerprint density at radius 1 is 1.07 bits per heavy atom. The van der Waals surface area contributed by atoms with Crippen LogP contribution >= 0.6 is 0 Å². The van der Waals surface area contributed by atoms with Gasteiger partial charge in [-0.1, -0.05) is 12.1 Å². The maximum absolute atomic E-state index is 13.2. The molecule has 1 amide bonds. The third-order valence-corrected chi connectivity index (χ3v) is 5.47. The third kappa shape index (κ3) is 5.01. The average molecular weight is 406 g/mol. The Kier molecular flexibility index (Phi) is 7.00. The molecule has 0 unspecified atom stereocenters. The lowest BCUT2D eigenvalue weighted by atomic mass is 10.3. The van der Waals surface area contributed by atoms with Crippen molar-refractivity contribution in [1.82, 2.24) is 0 Å². The Balaban J connectivity index is 2.48. The molecular formula is C19H22N2O6S. The highest BCUT2D eigenvalue weighted by Crippen LogP contribution is 2.32. The molecule has 0 aliphatic rings. The van der Waals surface area contributed by atoms with E-state index in [2.05, 4.69) is 5.32 Å². The van der Waals surface area contributed by atoms with Crippen LogP contribution in [0.15, 0.2) is 53.4 Å². The van der Waals surface area contributed by atoms with Gasteiger partial charge in [0.2, 0.25) is 5.91 Å². The lowest BCUT2D eigenvalue weighted by Crippen LogP contribution is -2.36. The van der Waals surface area contributed by atoms with Gasteiger partial charge in [0, 0.05) is 12.6 Å². The van der Waals surface area contributed by atoms with Crippen LogP contribution in [-0.4, -0.2) is 40.6 Å². The molecule has 0 atom stereocenters. The third-order valence-electron chi connectivity index (χ3n) is 3.69. The fraction of sp³-hybridized carbons (Fsp3) is 0.263. The second-order valence-electron chi connectivity index (χ2n) is 5.69. The molecule has 0 aliphatic heterocycles. The first-order valence-electron chi connectivity index (χ1n) is 8.48. The van der Waals surface area contributed by atoms with Crippen molar-refractivity contribution >= 4 is 33.3 Å². The summed E-state index contributed by atoms with van der Waals surface area (Å²) in [5.74, 6) is -0.661. The van der Waals surface area contributed by atoms with Crippen molar-refractivity contribution in [2.24, 2.45) is 0 Å². The normalized spacial score (nSPS) is 10.8. The summed E-state index contributed by atoms with van der Waals surface area (Å²) in [5, 5.41) is 2.57. The summed E-state index contributed by atoms with van der Waals surface area (Å²) in [7, 11) is -2.69. The molecule has 0 spiro atoms. The number of hydrogen-bond donors (Lipinski definition) is 1. The van der Waals surface area contributed by atoms with E-state index in [0.717, 1.165) is 4.31 Å². The topological polar surface area (TPSA) is 102 Å². The van der Waals surface area contributed by atoms with Gasteiger partial charge in [0.1, 0.15) is 12.3 Å². The monoisotopic (exact) mass is 406 g/mol. The van der Waals surface area contributed by atoms with Crippen LogP contribution in [0.25, 0.3) is 0 Å². The van der Waals surface area contributed by atoms with Crippen molar-refractivity contribution in [3.63, 3.8) is 0 Å². The summed E-state index contributed by atoms with van der Waals surface area (Å²) in [5.41, 5.74) is 0.671. The maximum atomic E-state index is 13.2. The number of anilines is 2. The van der Waals surface area contributed by atoms with E-state index in [1.165, 1.54) is 38.3 Å². The Hall–Kier alpha value is -3.07. The van der Waals surface area contributed by atoms with Gasteiger partial charge in [0.15, 0.2) is 0 Å². The first kappa shape index (κ1) is 21.2. The van der Waals surface area contributed by atoms with Crippen LogP contribution in [0.1, 0.15) is 13.8 Å². The fourth-order valence-corrected chi connectivity index (χ4v) is 3.92. The lowest BCUT2D eigenvalue weighted by molar-refractivity contribution is -0.141. The van der Waals surface area contributed by atoms with Crippen molar-refractivity contribution in [3.05, 3.63) is 48.5 Å². The van der Waals surface area contributed by atoms with Gasteiger partial charge in [-0.25, -0.2) is 8.42 Å². The number of hydrogen-bond acceptors (Lipinski definition) is 6. The molecule has 0 aromatic heterocycles. The maximum Gasteiger partial charge on any atom is 0.326 e. The number of carbonyl (C=O) groups excluding carboxylic acids is 2. The summed E-state index contributed by atoms with van der Waals surface area (Å²) in [6.07, 6.45) is 0. The highest BCUT2D eigenvalue weighted by Gasteiger charge is 2.29. The Morgan fingerprint density at radius 3 is 2.29 bits per heavy atom. The number of esters is 1. The van der Waals surface area contributed by atoms with Crippen molar-refractivity contribution in [3.8, 4) is 5.75 Å². The van der Waals surface area contributed by atoms with Crippen LogP contribution in [-0.2, 0) is 24.3 Å². The van der Waals surface area contributed by atoms with Crippen molar-refractivity contribution in [2.45, 2.75) is 18.7 Å². The fourth-order valence-electron chi connectivity index (χ4n) is 2.50. The summed E-state index contributed by atoms with van der Waals surface area (Å²) in [4.78, 5) is 23.2. The average Bonchev–Trinajstić information content (AvgIpc) is 2.66. The van der Waals surface area contributed by atoms with Gasteiger partial charge in [-0.3, -0.25) is 13.9 Å². The van der Waals surface area contributed by atoms with E-state index in [1.807, 2.05) is 0 Å². The van der Waals surface area contributed by atoms with E-state index in [1.54, 1.807) is 31.2 Å². The van der Waals surface area contributed by atoms with Crippen molar-refractivity contribution in [1.29, 1.82) is 0 Å². The number of amides is 1. The summed E-state index contributed by atoms with van der Waals surface area (Å²) in [6, 6.07) is 12.1. The standard InChI is InChI=1S/C19H22N2O6S/c1-4-27-19(23)13-21(17-7-5-6-8-18(17)26-3)28(24,25)16-11-9-15(10-12-16)20-14(2)22/h5-12H,4,13H2,1-3H3,(H,20,22). The number of sulfonamides is 1. The molecule has 2 rings (SSSR count). The van der Waals surface area contributed by atoms with Crippen molar-refractivity contribution in [2.75, 3.05) is 29.9 Å². The van der Waals surface area contributed by atoms with E-state index < -0.39 is 22.5 Å². The SMILES string of the molecule is CCOC(=O)CN(c1ccccc1OC)S(=O)(=O)c1ccc(NC(C)=O)cc1. The molecular weight excluding hydrogens is 384 g/mol. The lowest BCUT2D eigenvalue weighted by Gasteiger charge is -2.25. The molecule has 0 aliphatic carbocycles. The van der Waals surface area contributed by atoms with Crippen LogP contribution in [0.4, 0.5) is 11.4 Å². The van der Waals surface area contributed by atoms with Gasteiger partial charge in [0.05, 0.1) is 24.3 Å². The zero-order valence-corrected chi connectivity index (χ0v) is 16.7. The predicted molar refractivity (Wildman–Crippen MR) is 105 cm³/mol. The number of nitrogens with zero attached hydrogens (tertiary/aromatic N) is 1. The van der Waals surface area contributed by atoms with Gasteiger partial charge >= 0.3 is 5.97 Å². The summed E-state index contributed by atoms with van der Waals surface area (Å²) >= 11 is 0. The van der Waals surface area contributed by atoms with Gasteiger partial charge in [0.25, 0.3) is 10.0 Å². The number of nitrogens with one attached hydrogen (secondary N) is 1. The molecule has 0 saturated carbocycles. The Morgan fingerprint density at radius 2 is 1.71 bits per heavy atom. The first-order valence-corrected chi connectivity index (χ1v) is 9.92. The van der Waals surface area contributed by atoms with Gasteiger partial charge in [-0.15, -0.1) is 0 Å². The van der Waals surface area contributed by atoms with E-state index in [0.29, 0.717) is 11.4 Å². The quantitative estimate of drug-likeness (QED) is 0.676. The van der Waals surface area contributed by atoms with Crippen LogP contribution < -0.4 is 14.4 Å². The van der Waals surface area contributed by atoms with Gasteiger partial charge in [-0.05, 0) is 43.3 Å². The number of methoxy groups -OCH3 is 1. The Bertz CT molecular complexity index is 941. The van der Waals surface area contributed by atoms with E-state index in [-0.39, 0.29) is 23.1 Å². The minimum Gasteiger partial charge on any atom is -0.495 e. The van der Waals surface area contributed by atoms with E-state index in [4.69, 9.17) is 9.47 Å². The van der Waals surface area contributed by atoms with Gasteiger partial charge < -0.3 is 14.8 Å². The number of carbonyl (C=O) groups is 2. The minimum atomic E-state index is -4.11. The molecule has 150 valence electrons. The summed E-state index contributed by atoms with van der Waals surface area (Å²) < 4.78 is 37.6. The number of benzene rings is 2. The molecule has 0 bridgehead atoms. The van der Waals surface area contributed by atoms with Crippen LogP contribution in [0.3, 0.4) is 0 Å². The molecule has 8 nitrogen and oxygen atoms in total. The second-order valence-corrected chi connectivity index (χ2v) is 7.56. The molecule has 0 radical (unpaired) electrons. The predicted octanol–water partition coefficient (Wildman–Crippen LogP) is 2.41. The number of para-hydroxylation sites is 2. The largest absolute Gasteiger partial charge is 0.495 e. The Labute approximate surface area is 164 Å². The second kappa shape index (κ2) is 9.23. The molecule has 2 aromatic rings. The molecule has 0 heterocycles. The van der Waals surface area contributed by atoms with Crippen LogP contribution in [0.2, 0.25) is 0 Å². The zero-order chi connectivity index (χ0) is 20.7. The van der Waals surface area contributed by atoms with E-state index in [9.17, 15) is 18.0 Å². The highest BCUT2D eigenvalue weighted by molar-refractivity contribution is 7.92. The zero-order valence-electron chi connectivity index (χ0n) is 15.8. The minimum absolute atomic E-state index is 0.0446. The van der Waals surface area contributed by atoms with Crippen LogP contribution in [0, 0.1) is 0 Å². The van der Waals surface area contributed by atoms with Crippen LogP contribution in [0.5, 0.6) is 5.75 Å². The summed E-state index contributed by atoms with van der Waals surface area (Å²) in [6.45, 7) is 2.61. The number of ether oxygens (including phenoxy) is 2. The molecule has 2 aromatic carbocycles. The van der Waals surface area contributed by atoms with Gasteiger partial charge in [-0.2, -0.15) is 0 Å². The molecule has 0 saturated heterocycles. The molecule has 0 fully saturated rings. The first-order chi connectivity index (χ1) is 13.3. The highest BCUT2D eigenvalue weighted by atomic mass is 32.2. The molecule has 9 heteroatoms.